The van der Waals surface area contributed by atoms with Crippen molar-refractivity contribution in [3.8, 4) is 22.8 Å². The second-order valence-corrected chi connectivity index (χ2v) is 8.65. The summed E-state index contributed by atoms with van der Waals surface area (Å²) < 4.78 is 0. The molecule has 0 unspecified atom stereocenters. The molecule has 6 rings (SSSR count). The topological polar surface area (TPSA) is 100 Å². The van der Waals surface area contributed by atoms with Gasteiger partial charge in [-0.15, -0.1) is 0 Å². The molecule has 5 aromatic rings. The van der Waals surface area contributed by atoms with Crippen LogP contribution in [0.4, 0.5) is 16.3 Å². The lowest BCUT2D eigenvalue weighted by molar-refractivity contribution is 0.208. The largest absolute Gasteiger partial charge is 0.353 e. The second-order valence-electron chi connectivity index (χ2n) is 8.65. The summed E-state index contributed by atoms with van der Waals surface area (Å²) in [5, 5.41) is 3.02. The van der Waals surface area contributed by atoms with E-state index in [9.17, 15) is 4.79 Å². The van der Waals surface area contributed by atoms with E-state index >= 15 is 0 Å². The van der Waals surface area contributed by atoms with Gasteiger partial charge in [0.2, 0.25) is 0 Å². The number of piperazine rings is 1. The fourth-order valence-corrected chi connectivity index (χ4v) is 4.38. The minimum Gasteiger partial charge on any atom is -0.353 e. The van der Waals surface area contributed by atoms with Crippen molar-refractivity contribution < 1.29 is 4.79 Å². The molecule has 0 bridgehead atoms. The number of anilines is 2. The smallest absolute Gasteiger partial charge is 0.321 e. The average Bonchev–Trinajstić information content (AvgIpc) is 2.98. The molecular formula is C28H24N8O. The van der Waals surface area contributed by atoms with Crippen LogP contribution in [-0.4, -0.2) is 62.0 Å². The van der Waals surface area contributed by atoms with Crippen molar-refractivity contribution >= 4 is 28.6 Å². The number of hydrogen-bond donors (Lipinski definition) is 1. The maximum Gasteiger partial charge on any atom is 0.321 e. The third kappa shape index (κ3) is 4.79. The number of aromatic nitrogens is 5. The van der Waals surface area contributed by atoms with Crippen LogP contribution in [0.15, 0.2) is 91.4 Å². The highest BCUT2D eigenvalue weighted by Crippen LogP contribution is 2.29. The summed E-state index contributed by atoms with van der Waals surface area (Å²) in [6.07, 6.45) is 5.25. The van der Waals surface area contributed by atoms with Crippen molar-refractivity contribution in [1.82, 2.24) is 29.8 Å². The number of urea groups is 1. The fourth-order valence-electron chi connectivity index (χ4n) is 4.38. The number of carbonyl (C=O) groups excluding carboxylic acids is 1. The summed E-state index contributed by atoms with van der Waals surface area (Å²) in [5.41, 5.74) is 4.77. The summed E-state index contributed by atoms with van der Waals surface area (Å²) in [6, 6.07) is 22.7. The van der Waals surface area contributed by atoms with Crippen LogP contribution in [0.2, 0.25) is 0 Å². The van der Waals surface area contributed by atoms with Gasteiger partial charge in [0, 0.05) is 50.5 Å². The van der Waals surface area contributed by atoms with E-state index in [-0.39, 0.29) is 6.03 Å². The van der Waals surface area contributed by atoms with Gasteiger partial charge in [0.05, 0.1) is 22.4 Å². The van der Waals surface area contributed by atoms with Gasteiger partial charge in [-0.05, 0) is 54.6 Å². The van der Waals surface area contributed by atoms with Crippen LogP contribution in [0.3, 0.4) is 0 Å². The van der Waals surface area contributed by atoms with Crippen LogP contribution < -0.4 is 10.2 Å². The highest BCUT2D eigenvalue weighted by molar-refractivity contribution is 5.93. The molecule has 4 aromatic heterocycles. The predicted molar refractivity (Wildman–Crippen MR) is 143 cm³/mol. The highest BCUT2D eigenvalue weighted by Gasteiger charge is 2.22. The molecule has 1 aliphatic rings. The summed E-state index contributed by atoms with van der Waals surface area (Å²) in [5.74, 6) is 0.935. The Labute approximate surface area is 213 Å². The van der Waals surface area contributed by atoms with Crippen LogP contribution >= 0.6 is 0 Å². The Balaban J connectivity index is 1.24. The second kappa shape index (κ2) is 9.98. The Morgan fingerprint density at radius 2 is 1.30 bits per heavy atom. The van der Waals surface area contributed by atoms with Gasteiger partial charge in [0.25, 0.3) is 0 Å². The van der Waals surface area contributed by atoms with E-state index in [4.69, 9.17) is 9.97 Å². The first-order chi connectivity index (χ1) is 18.2. The molecule has 2 amide bonds. The highest BCUT2D eigenvalue weighted by atomic mass is 16.2. The summed E-state index contributed by atoms with van der Waals surface area (Å²) in [6.45, 7) is 2.70. The Hall–Kier alpha value is -4.92. The van der Waals surface area contributed by atoms with Crippen molar-refractivity contribution in [2.24, 2.45) is 0 Å². The van der Waals surface area contributed by atoms with Crippen molar-refractivity contribution in [3.63, 3.8) is 0 Å². The fraction of sp³-hybridized carbons (Fsp3) is 0.143. The van der Waals surface area contributed by atoms with Crippen LogP contribution in [0.5, 0.6) is 0 Å². The Bertz CT molecular complexity index is 1520. The quantitative estimate of drug-likeness (QED) is 0.397. The van der Waals surface area contributed by atoms with Crippen molar-refractivity contribution in [2.45, 2.75) is 0 Å². The van der Waals surface area contributed by atoms with Gasteiger partial charge >= 0.3 is 6.03 Å². The third-order valence-electron chi connectivity index (χ3n) is 6.27. The van der Waals surface area contributed by atoms with E-state index in [0.717, 1.165) is 24.6 Å². The number of carbonyl (C=O) groups is 1. The average molecular weight is 489 g/mol. The van der Waals surface area contributed by atoms with Crippen molar-refractivity contribution in [3.05, 3.63) is 91.4 Å². The molecule has 0 atom stereocenters. The molecule has 5 heterocycles. The minimum atomic E-state index is -0.136. The van der Waals surface area contributed by atoms with Crippen LogP contribution in [0.25, 0.3) is 33.8 Å². The lowest BCUT2D eigenvalue weighted by Crippen LogP contribution is -2.50. The molecule has 0 radical (unpaired) electrons. The molecule has 1 fully saturated rings. The van der Waals surface area contributed by atoms with Gasteiger partial charge in [-0.1, -0.05) is 18.2 Å². The van der Waals surface area contributed by atoms with E-state index < -0.39 is 0 Å². The molecule has 0 aliphatic carbocycles. The zero-order chi connectivity index (χ0) is 25.0. The van der Waals surface area contributed by atoms with E-state index in [1.165, 1.54) is 0 Å². The van der Waals surface area contributed by atoms with E-state index in [2.05, 4.69) is 25.2 Å². The van der Waals surface area contributed by atoms with E-state index in [0.29, 0.717) is 46.9 Å². The normalized spacial score (nSPS) is 13.5. The molecule has 1 saturated heterocycles. The molecule has 1 N–H and O–H groups in total. The molecule has 9 nitrogen and oxygen atoms in total. The summed E-state index contributed by atoms with van der Waals surface area (Å²) in [7, 11) is 0. The van der Waals surface area contributed by atoms with Crippen LogP contribution in [0.1, 0.15) is 0 Å². The zero-order valence-corrected chi connectivity index (χ0v) is 20.0. The van der Waals surface area contributed by atoms with Gasteiger partial charge in [-0.25, -0.2) is 19.7 Å². The number of pyridine rings is 3. The molecule has 1 aromatic carbocycles. The van der Waals surface area contributed by atoms with Gasteiger partial charge in [0.15, 0.2) is 0 Å². The molecule has 0 saturated carbocycles. The summed E-state index contributed by atoms with van der Waals surface area (Å²) >= 11 is 0. The lowest BCUT2D eigenvalue weighted by Gasteiger charge is -2.35. The number of rotatable bonds is 4. The van der Waals surface area contributed by atoms with Gasteiger partial charge in [0.1, 0.15) is 17.2 Å². The number of amides is 2. The Morgan fingerprint density at radius 1 is 0.676 bits per heavy atom. The number of nitrogens with one attached hydrogen (secondary N) is 1. The molecular weight excluding hydrogens is 464 g/mol. The number of benzene rings is 1. The van der Waals surface area contributed by atoms with Crippen LogP contribution in [-0.2, 0) is 0 Å². The van der Waals surface area contributed by atoms with Crippen molar-refractivity contribution in [1.29, 1.82) is 0 Å². The maximum atomic E-state index is 13.0. The summed E-state index contributed by atoms with van der Waals surface area (Å²) in [4.78, 5) is 40.1. The predicted octanol–water partition coefficient (Wildman–Crippen LogP) is 4.50. The first kappa shape index (κ1) is 22.5. The first-order valence-corrected chi connectivity index (χ1v) is 12.1. The minimum absolute atomic E-state index is 0.136. The SMILES string of the molecule is O=C(Nc1ccc2nc(-c3ccccn3)c(-c3ccccn3)nc2c1)N1CCN(c2ccccn2)CC1. The van der Waals surface area contributed by atoms with Crippen molar-refractivity contribution in [2.75, 3.05) is 36.4 Å². The molecule has 0 spiro atoms. The standard InChI is InChI=1S/C28H24N8O/c37-28(36-17-15-35(16-18-36)25-9-3-6-14-31-25)32-20-10-11-21-24(19-20)34-27(23-8-2-5-13-30-23)26(33-21)22-7-1-4-12-29-22/h1-14,19H,15-18H2,(H,32,37). The third-order valence-corrected chi connectivity index (χ3v) is 6.27. The van der Waals surface area contributed by atoms with Crippen LogP contribution in [0, 0.1) is 0 Å². The first-order valence-electron chi connectivity index (χ1n) is 12.1. The lowest BCUT2D eigenvalue weighted by atomic mass is 10.1. The van der Waals surface area contributed by atoms with Gasteiger partial charge in [-0.2, -0.15) is 0 Å². The van der Waals surface area contributed by atoms with Gasteiger partial charge < -0.3 is 15.1 Å². The van der Waals surface area contributed by atoms with Gasteiger partial charge in [-0.3, -0.25) is 9.97 Å². The Morgan fingerprint density at radius 3 is 1.89 bits per heavy atom. The maximum absolute atomic E-state index is 13.0. The number of nitrogens with zero attached hydrogens (tertiary/aromatic N) is 7. The number of fused-ring (bicyclic) bond motifs is 1. The van der Waals surface area contributed by atoms with E-state index in [1.807, 2.05) is 77.7 Å². The molecule has 37 heavy (non-hydrogen) atoms. The molecule has 182 valence electrons. The Kier molecular flexibility index (Phi) is 6.08. The zero-order valence-electron chi connectivity index (χ0n) is 20.0. The van der Waals surface area contributed by atoms with E-state index in [1.54, 1.807) is 18.6 Å². The monoisotopic (exact) mass is 488 g/mol. The molecule has 9 heteroatoms. The number of hydrogen-bond acceptors (Lipinski definition) is 7. The molecule has 1 aliphatic heterocycles.